The molecular formula is C19H15N5O3. The van der Waals surface area contributed by atoms with Crippen molar-refractivity contribution in [1.82, 2.24) is 25.1 Å². The van der Waals surface area contributed by atoms with Crippen LogP contribution < -0.4 is 4.74 Å². The van der Waals surface area contributed by atoms with E-state index >= 15 is 0 Å². The average Bonchev–Trinajstić information content (AvgIpc) is 3.35. The number of ether oxygens (including phenoxy) is 1. The predicted molar refractivity (Wildman–Crippen MR) is 98.5 cm³/mol. The molecule has 4 aromatic rings. The van der Waals surface area contributed by atoms with Gasteiger partial charge in [-0.15, -0.1) is 0 Å². The summed E-state index contributed by atoms with van der Waals surface area (Å²) in [7, 11) is 1.51. The molecular weight excluding hydrogens is 346 g/mol. The summed E-state index contributed by atoms with van der Waals surface area (Å²) in [5, 5.41) is 7.69. The van der Waals surface area contributed by atoms with Gasteiger partial charge in [0, 0.05) is 36.6 Å². The lowest BCUT2D eigenvalue weighted by Crippen LogP contribution is -2.09. The monoisotopic (exact) mass is 361 g/mol. The lowest BCUT2D eigenvalue weighted by Gasteiger charge is -2.06. The number of ketones is 2. The lowest BCUT2D eigenvalue weighted by atomic mass is 10.0. The number of fused-ring (bicyclic) bond motifs is 1. The van der Waals surface area contributed by atoms with Gasteiger partial charge in [-0.2, -0.15) is 5.10 Å². The zero-order valence-electron chi connectivity index (χ0n) is 14.6. The molecule has 0 aliphatic heterocycles. The molecule has 0 saturated heterocycles. The summed E-state index contributed by atoms with van der Waals surface area (Å²) < 4.78 is 5.38. The van der Waals surface area contributed by atoms with Gasteiger partial charge in [0.15, 0.2) is 17.4 Å². The molecule has 0 unspecified atom stereocenters. The maximum Gasteiger partial charge on any atom is 0.230 e. The molecule has 27 heavy (non-hydrogen) atoms. The van der Waals surface area contributed by atoms with Gasteiger partial charge in [0.05, 0.1) is 23.6 Å². The van der Waals surface area contributed by atoms with Crippen molar-refractivity contribution in [2.45, 2.75) is 6.92 Å². The maximum absolute atomic E-state index is 12.3. The van der Waals surface area contributed by atoms with Gasteiger partial charge in [-0.05, 0) is 24.3 Å². The number of hydrogen-bond donors (Lipinski definition) is 2. The fourth-order valence-electron chi connectivity index (χ4n) is 2.96. The molecule has 2 N–H and O–H groups in total. The summed E-state index contributed by atoms with van der Waals surface area (Å²) >= 11 is 0. The number of aromatic nitrogens is 5. The Morgan fingerprint density at radius 1 is 1.19 bits per heavy atom. The van der Waals surface area contributed by atoms with Crippen molar-refractivity contribution in [2.24, 2.45) is 0 Å². The number of hydrogen-bond acceptors (Lipinski definition) is 6. The molecule has 0 fully saturated rings. The molecule has 8 nitrogen and oxygen atoms in total. The van der Waals surface area contributed by atoms with E-state index in [1.807, 2.05) is 18.2 Å². The third kappa shape index (κ3) is 2.77. The summed E-state index contributed by atoms with van der Waals surface area (Å²) in [6.45, 7) is 1.24. The number of carbonyl (C=O) groups excluding carboxylic acids is 2. The fourth-order valence-corrected chi connectivity index (χ4v) is 2.96. The Bertz CT molecular complexity index is 1160. The first-order chi connectivity index (χ1) is 13.1. The van der Waals surface area contributed by atoms with E-state index in [1.54, 1.807) is 18.5 Å². The number of H-pyrrole nitrogens is 2. The molecule has 0 aliphatic carbocycles. The first-order valence-electron chi connectivity index (χ1n) is 8.16. The fraction of sp³-hybridized carbons (Fsp3) is 0.105. The van der Waals surface area contributed by atoms with Crippen LogP contribution in [0.4, 0.5) is 0 Å². The van der Waals surface area contributed by atoms with Gasteiger partial charge in [0.25, 0.3) is 0 Å². The molecule has 0 atom stereocenters. The van der Waals surface area contributed by atoms with E-state index in [9.17, 15) is 9.59 Å². The van der Waals surface area contributed by atoms with Crippen LogP contribution in [0.2, 0.25) is 0 Å². The number of benzene rings is 1. The molecule has 134 valence electrons. The van der Waals surface area contributed by atoms with Gasteiger partial charge in [0.2, 0.25) is 5.78 Å². The Labute approximate surface area is 153 Å². The van der Waals surface area contributed by atoms with Crippen molar-refractivity contribution in [2.75, 3.05) is 7.11 Å². The highest BCUT2D eigenvalue weighted by molar-refractivity contribution is 6.45. The highest BCUT2D eigenvalue weighted by Crippen LogP contribution is 2.35. The van der Waals surface area contributed by atoms with Crippen LogP contribution in [0.5, 0.6) is 5.75 Å². The molecule has 0 radical (unpaired) electrons. The van der Waals surface area contributed by atoms with Crippen molar-refractivity contribution in [3.63, 3.8) is 0 Å². The van der Waals surface area contributed by atoms with Gasteiger partial charge in [-0.1, -0.05) is 0 Å². The van der Waals surface area contributed by atoms with Crippen LogP contribution in [0.3, 0.4) is 0 Å². The third-order valence-electron chi connectivity index (χ3n) is 4.24. The minimum atomic E-state index is -0.578. The highest BCUT2D eigenvalue weighted by Gasteiger charge is 2.22. The van der Waals surface area contributed by atoms with Gasteiger partial charge in [-0.25, -0.2) is 4.98 Å². The largest absolute Gasteiger partial charge is 0.496 e. The second-order valence-electron chi connectivity index (χ2n) is 5.90. The second-order valence-corrected chi connectivity index (χ2v) is 5.90. The Balaban J connectivity index is 1.88. The van der Waals surface area contributed by atoms with Gasteiger partial charge in [-0.3, -0.25) is 19.7 Å². The number of rotatable bonds is 5. The van der Waals surface area contributed by atoms with Crippen molar-refractivity contribution in [1.29, 1.82) is 0 Å². The summed E-state index contributed by atoms with van der Waals surface area (Å²) in [6.07, 6.45) is 4.87. The van der Waals surface area contributed by atoms with E-state index in [4.69, 9.17) is 4.74 Å². The van der Waals surface area contributed by atoms with Crippen LogP contribution in [-0.2, 0) is 4.79 Å². The van der Waals surface area contributed by atoms with Crippen LogP contribution in [0.25, 0.3) is 33.7 Å². The predicted octanol–water partition coefficient (Wildman–Crippen LogP) is 2.80. The van der Waals surface area contributed by atoms with E-state index in [2.05, 4.69) is 25.1 Å². The summed E-state index contributed by atoms with van der Waals surface area (Å²) in [5.74, 6) is 0.401. The quantitative estimate of drug-likeness (QED) is 0.417. The molecule has 1 aromatic carbocycles. The number of nitrogens with one attached hydrogen (secondary N) is 2. The number of carbonyl (C=O) groups is 2. The van der Waals surface area contributed by atoms with Crippen molar-refractivity contribution >= 4 is 22.5 Å². The van der Waals surface area contributed by atoms with Crippen LogP contribution in [-0.4, -0.2) is 43.8 Å². The Morgan fingerprint density at radius 2 is 2.04 bits per heavy atom. The van der Waals surface area contributed by atoms with Gasteiger partial charge in [0.1, 0.15) is 5.75 Å². The first-order valence-corrected chi connectivity index (χ1v) is 8.16. The Kier molecular flexibility index (Phi) is 4.00. The second kappa shape index (κ2) is 6.49. The van der Waals surface area contributed by atoms with E-state index < -0.39 is 11.6 Å². The number of aromatic amines is 2. The molecule has 3 heterocycles. The van der Waals surface area contributed by atoms with Gasteiger partial charge >= 0.3 is 0 Å². The number of methoxy groups -OCH3 is 1. The molecule has 3 aromatic heterocycles. The van der Waals surface area contributed by atoms with E-state index in [1.165, 1.54) is 20.2 Å². The minimum absolute atomic E-state index is 0.267. The highest BCUT2D eigenvalue weighted by atomic mass is 16.5. The van der Waals surface area contributed by atoms with E-state index in [0.717, 1.165) is 5.56 Å². The summed E-state index contributed by atoms with van der Waals surface area (Å²) in [5.41, 5.74) is 2.38. The minimum Gasteiger partial charge on any atom is -0.496 e. The topological polar surface area (TPSA) is 114 Å². The number of nitrogens with zero attached hydrogens (tertiary/aromatic N) is 3. The lowest BCUT2D eigenvalue weighted by molar-refractivity contribution is -0.113. The Hall–Kier alpha value is -3.81. The van der Waals surface area contributed by atoms with Crippen molar-refractivity contribution < 1.29 is 14.3 Å². The third-order valence-corrected chi connectivity index (χ3v) is 4.24. The first kappa shape index (κ1) is 16.6. The molecule has 0 aliphatic rings. The zero-order chi connectivity index (χ0) is 19.0. The van der Waals surface area contributed by atoms with Crippen LogP contribution in [0.1, 0.15) is 17.3 Å². The molecule has 0 bridgehead atoms. The average molecular weight is 361 g/mol. The zero-order valence-corrected chi connectivity index (χ0v) is 14.6. The van der Waals surface area contributed by atoms with Crippen molar-refractivity contribution in [3.05, 3.63) is 48.4 Å². The standard InChI is InChI=1S/C19H15N5O3/c1-10(25)17(26)13-9-21-16-12(5-6-14(27-2)15(13)16)19-22-18(23-24-19)11-4-3-7-20-8-11/h3-9,21H,1-2H3,(H,22,23,24). The summed E-state index contributed by atoms with van der Waals surface area (Å²) in [4.78, 5) is 35.5. The molecule has 8 heteroatoms. The Morgan fingerprint density at radius 3 is 2.74 bits per heavy atom. The SMILES string of the molecule is COc1ccc(-c2nc(-c3cccnc3)n[nH]2)c2[nH]cc(C(=O)C(C)=O)c12. The number of pyridine rings is 1. The number of Topliss-reactive ketones (excluding diaryl/α,β-unsaturated/α-hetero) is 2. The molecule has 4 rings (SSSR count). The van der Waals surface area contributed by atoms with Crippen molar-refractivity contribution in [3.8, 4) is 28.5 Å². The molecule has 0 spiro atoms. The van der Waals surface area contributed by atoms with Crippen LogP contribution in [0.15, 0.2) is 42.9 Å². The maximum atomic E-state index is 12.3. The van der Waals surface area contributed by atoms with Gasteiger partial charge < -0.3 is 9.72 Å². The van der Waals surface area contributed by atoms with Crippen LogP contribution in [0, 0.1) is 0 Å². The smallest absolute Gasteiger partial charge is 0.230 e. The van der Waals surface area contributed by atoms with E-state index in [0.29, 0.717) is 33.9 Å². The normalized spacial score (nSPS) is 10.9. The summed E-state index contributed by atoms with van der Waals surface area (Å²) in [6, 6.07) is 7.21. The molecule has 0 saturated carbocycles. The van der Waals surface area contributed by atoms with E-state index in [-0.39, 0.29) is 5.56 Å². The van der Waals surface area contributed by atoms with Crippen LogP contribution >= 0.6 is 0 Å². The molecule has 0 amide bonds.